The number of hydrogen-bond acceptors (Lipinski definition) is 5. The minimum atomic E-state index is -0.551. The van der Waals surface area contributed by atoms with Crippen LogP contribution in [0.2, 0.25) is 0 Å². The second-order valence-electron chi connectivity index (χ2n) is 3.98. The van der Waals surface area contributed by atoms with E-state index in [4.69, 9.17) is 4.74 Å². The molecular formula is C12H14N4O3. The zero-order valence-corrected chi connectivity index (χ0v) is 10.9. The highest BCUT2D eigenvalue weighted by molar-refractivity contribution is 5.47. The molecule has 0 aliphatic carbocycles. The Morgan fingerprint density at radius 3 is 2.53 bits per heavy atom. The minimum absolute atomic E-state index is 0.125. The minimum Gasteiger partial charge on any atom is -0.434 e. The number of anilines is 1. The van der Waals surface area contributed by atoms with E-state index in [1.165, 1.54) is 0 Å². The SMILES string of the molecule is CNc1ccc(Oc2c([N+](=O)[O-])nc(C)n2C)cc1. The topological polar surface area (TPSA) is 82.2 Å². The summed E-state index contributed by atoms with van der Waals surface area (Å²) < 4.78 is 7.10. The predicted molar refractivity (Wildman–Crippen MR) is 70.7 cm³/mol. The molecule has 0 bridgehead atoms. The molecule has 0 atom stereocenters. The molecule has 0 fully saturated rings. The number of rotatable bonds is 4. The molecule has 0 saturated heterocycles. The second-order valence-corrected chi connectivity index (χ2v) is 3.98. The summed E-state index contributed by atoms with van der Waals surface area (Å²) >= 11 is 0. The zero-order chi connectivity index (χ0) is 14.0. The zero-order valence-electron chi connectivity index (χ0n) is 10.9. The van der Waals surface area contributed by atoms with E-state index in [0.717, 1.165) is 5.69 Å². The summed E-state index contributed by atoms with van der Waals surface area (Å²) in [7, 11) is 3.48. The van der Waals surface area contributed by atoms with Crippen molar-refractivity contribution in [2.75, 3.05) is 12.4 Å². The van der Waals surface area contributed by atoms with E-state index in [1.54, 1.807) is 30.7 Å². The van der Waals surface area contributed by atoms with Crippen molar-refractivity contribution < 1.29 is 9.66 Å². The van der Waals surface area contributed by atoms with E-state index in [-0.39, 0.29) is 11.7 Å². The first-order valence-corrected chi connectivity index (χ1v) is 5.66. The molecular weight excluding hydrogens is 248 g/mol. The molecule has 0 unspecified atom stereocenters. The summed E-state index contributed by atoms with van der Waals surface area (Å²) in [6.45, 7) is 1.68. The second kappa shape index (κ2) is 4.97. The Bertz CT molecular complexity index is 604. The Labute approximate surface area is 110 Å². The molecule has 0 saturated carbocycles. The molecule has 0 radical (unpaired) electrons. The van der Waals surface area contributed by atoms with Gasteiger partial charge in [-0.05, 0) is 34.2 Å². The van der Waals surface area contributed by atoms with Gasteiger partial charge in [-0.2, -0.15) is 0 Å². The molecule has 1 N–H and O–H groups in total. The van der Waals surface area contributed by atoms with E-state index in [2.05, 4.69) is 10.3 Å². The van der Waals surface area contributed by atoms with Gasteiger partial charge in [0.05, 0.1) is 0 Å². The fourth-order valence-corrected chi connectivity index (χ4v) is 1.61. The first-order chi connectivity index (χ1) is 9.02. The Hall–Kier alpha value is -2.57. The lowest BCUT2D eigenvalue weighted by Gasteiger charge is -2.06. The number of ether oxygens (including phenoxy) is 1. The molecule has 0 spiro atoms. The summed E-state index contributed by atoms with van der Waals surface area (Å²) in [5.41, 5.74) is 0.933. The number of imidazole rings is 1. The number of nitro groups is 1. The van der Waals surface area contributed by atoms with Gasteiger partial charge in [-0.25, -0.2) is 0 Å². The van der Waals surface area contributed by atoms with Crippen LogP contribution in [0.5, 0.6) is 11.6 Å². The Morgan fingerprint density at radius 1 is 1.37 bits per heavy atom. The number of nitrogens with one attached hydrogen (secondary N) is 1. The number of benzene rings is 1. The van der Waals surface area contributed by atoms with Gasteiger partial charge in [-0.1, -0.05) is 0 Å². The van der Waals surface area contributed by atoms with Gasteiger partial charge in [0.25, 0.3) is 0 Å². The van der Waals surface area contributed by atoms with E-state index in [1.807, 2.05) is 19.2 Å². The van der Waals surface area contributed by atoms with Gasteiger partial charge in [0.15, 0.2) is 0 Å². The van der Waals surface area contributed by atoms with Crippen LogP contribution in [-0.4, -0.2) is 21.5 Å². The Morgan fingerprint density at radius 2 is 2.00 bits per heavy atom. The van der Waals surface area contributed by atoms with Crippen molar-refractivity contribution in [3.8, 4) is 11.6 Å². The van der Waals surface area contributed by atoms with Crippen LogP contribution in [0.25, 0.3) is 0 Å². The third-order valence-electron chi connectivity index (χ3n) is 2.78. The lowest BCUT2D eigenvalue weighted by Crippen LogP contribution is -1.97. The molecule has 2 rings (SSSR count). The molecule has 100 valence electrons. The maximum Gasteiger partial charge on any atom is 0.427 e. The summed E-state index contributed by atoms with van der Waals surface area (Å²) in [6, 6.07) is 7.12. The van der Waals surface area contributed by atoms with E-state index in [0.29, 0.717) is 11.6 Å². The predicted octanol–water partition coefficient (Wildman–Crippen LogP) is 2.47. The van der Waals surface area contributed by atoms with Crippen molar-refractivity contribution in [2.24, 2.45) is 7.05 Å². The van der Waals surface area contributed by atoms with Gasteiger partial charge in [-0.3, -0.25) is 4.57 Å². The van der Waals surface area contributed by atoms with Gasteiger partial charge < -0.3 is 20.2 Å². The van der Waals surface area contributed by atoms with E-state index >= 15 is 0 Å². The standard InChI is InChI=1S/C12H14N4O3/c1-8-14-11(16(17)18)12(15(8)3)19-10-6-4-9(13-2)5-7-10/h4-7,13H,1-3H3. The lowest BCUT2D eigenvalue weighted by molar-refractivity contribution is -0.390. The van der Waals surface area contributed by atoms with Crippen LogP contribution in [0.3, 0.4) is 0 Å². The van der Waals surface area contributed by atoms with Crippen LogP contribution in [0.15, 0.2) is 24.3 Å². The van der Waals surface area contributed by atoms with Gasteiger partial charge >= 0.3 is 11.7 Å². The molecule has 0 aliphatic rings. The third kappa shape index (κ3) is 2.49. The van der Waals surface area contributed by atoms with Gasteiger partial charge in [0, 0.05) is 26.7 Å². The van der Waals surface area contributed by atoms with Crippen molar-refractivity contribution in [2.45, 2.75) is 6.92 Å². The first kappa shape index (κ1) is 12.9. The van der Waals surface area contributed by atoms with Gasteiger partial charge in [0.1, 0.15) is 5.75 Å². The highest BCUT2D eigenvalue weighted by Crippen LogP contribution is 2.31. The molecule has 1 heterocycles. The van der Waals surface area contributed by atoms with Crippen LogP contribution < -0.4 is 10.1 Å². The largest absolute Gasteiger partial charge is 0.434 e. The van der Waals surface area contributed by atoms with Gasteiger partial charge in [0.2, 0.25) is 5.82 Å². The van der Waals surface area contributed by atoms with Gasteiger partial charge in [-0.15, -0.1) is 0 Å². The van der Waals surface area contributed by atoms with Crippen LogP contribution in [0.1, 0.15) is 5.82 Å². The first-order valence-electron chi connectivity index (χ1n) is 5.66. The number of hydrogen-bond donors (Lipinski definition) is 1. The maximum atomic E-state index is 10.9. The highest BCUT2D eigenvalue weighted by atomic mass is 16.6. The van der Waals surface area contributed by atoms with E-state index in [9.17, 15) is 10.1 Å². The van der Waals surface area contributed by atoms with Crippen molar-refractivity contribution >= 4 is 11.5 Å². The third-order valence-corrected chi connectivity index (χ3v) is 2.78. The summed E-state index contributed by atoms with van der Waals surface area (Å²) in [5, 5.41) is 13.9. The smallest absolute Gasteiger partial charge is 0.427 e. The van der Waals surface area contributed by atoms with Crippen molar-refractivity contribution in [3.63, 3.8) is 0 Å². The molecule has 19 heavy (non-hydrogen) atoms. The average Bonchev–Trinajstić information content (AvgIpc) is 2.68. The number of aryl methyl sites for hydroxylation is 1. The van der Waals surface area contributed by atoms with Crippen LogP contribution >= 0.6 is 0 Å². The van der Waals surface area contributed by atoms with Crippen LogP contribution in [-0.2, 0) is 7.05 Å². The fraction of sp³-hybridized carbons (Fsp3) is 0.250. The molecule has 7 heteroatoms. The number of nitrogens with zero attached hydrogens (tertiary/aromatic N) is 3. The maximum absolute atomic E-state index is 10.9. The average molecular weight is 262 g/mol. The fourth-order valence-electron chi connectivity index (χ4n) is 1.61. The summed E-state index contributed by atoms with van der Waals surface area (Å²) in [4.78, 5) is 14.2. The van der Waals surface area contributed by atoms with Crippen molar-refractivity contribution in [1.82, 2.24) is 9.55 Å². The Kier molecular flexibility index (Phi) is 3.37. The van der Waals surface area contributed by atoms with Crippen molar-refractivity contribution in [3.05, 3.63) is 40.2 Å². The van der Waals surface area contributed by atoms with Crippen LogP contribution in [0.4, 0.5) is 11.5 Å². The van der Waals surface area contributed by atoms with Crippen LogP contribution in [0, 0.1) is 17.0 Å². The molecule has 0 aliphatic heterocycles. The molecule has 1 aromatic heterocycles. The van der Waals surface area contributed by atoms with E-state index < -0.39 is 4.92 Å². The lowest BCUT2D eigenvalue weighted by atomic mass is 10.3. The Balaban J connectivity index is 2.34. The monoisotopic (exact) mass is 262 g/mol. The quantitative estimate of drug-likeness (QED) is 0.676. The highest BCUT2D eigenvalue weighted by Gasteiger charge is 2.25. The van der Waals surface area contributed by atoms with Crippen molar-refractivity contribution in [1.29, 1.82) is 0 Å². The molecule has 0 amide bonds. The summed E-state index contributed by atoms with van der Waals surface area (Å²) in [5.74, 6) is 0.885. The molecule has 1 aromatic carbocycles. The molecule has 7 nitrogen and oxygen atoms in total. The summed E-state index contributed by atoms with van der Waals surface area (Å²) in [6.07, 6.45) is 0. The number of aromatic nitrogens is 2. The normalized spacial score (nSPS) is 10.3. The molecule has 2 aromatic rings.